The lowest BCUT2D eigenvalue weighted by atomic mass is 9.86. The molecule has 2 radical (unpaired) electrons. The molecule has 2 aromatic rings. The van der Waals surface area contributed by atoms with Crippen molar-refractivity contribution in [1.82, 2.24) is 4.90 Å². The highest BCUT2D eigenvalue weighted by Crippen LogP contribution is 2.40. The van der Waals surface area contributed by atoms with E-state index in [2.05, 4.69) is 106 Å². The summed E-state index contributed by atoms with van der Waals surface area (Å²) in [5, 5.41) is 1.72. The lowest BCUT2D eigenvalue weighted by Gasteiger charge is -2.39. The minimum atomic E-state index is -1.82. The van der Waals surface area contributed by atoms with E-state index in [0.29, 0.717) is 12.0 Å². The summed E-state index contributed by atoms with van der Waals surface area (Å²) in [5.74, 6) is 1.36. The van der Waals surface area contributed by atoms with Crippen LogP contribution in [0.3, 0.4) is 0 Å². The molecular weight excluding hydrogens is 471 g/mol. The molecule has 1 saturated heterocycles. The first kappa shape index (κ1) is 27.6. The Balaban J connectivity index is 1.61. The standard InChI is InChI=1S/C32H47NOSi2/c1-32(2,3)36(4,5)34-24-31-30(25-35-29-19-13-8-14-20-29)28(21-26-15-9-6-10-16-26)23-33(31)22-27-17-11-7-12-18-27/h7-8,11-14,17-21,26,30-31H,6,9-10,15-16,22-25H2,1-5H3/b28-21-/t30-,31+/m0/s1. The molecule has 0 bridgehead atoms. The monoisotopic (exact) mass is 517 g/mol. The van der Waals surface area contributed by atoms with Crippen molar-refractivity contribution in [2.45, 2.75) is 89.6 Å². The van der Waals surface area contributed by atoms with Crippen molar-refractivity contribution in [2.24, 2.45) is 11.8 Å². The zero-order valence-corrected chi connectivity index (χ0v) is 25.3. The van der Waals surface area contributed by atoms with Crippen molar-refractivity contribution in [3.8, 4) is 0 Å². The Morgan fingerprint density at radius 2 is 1.58 bits per heavy atom. The third-order valence-corrected chi connectivity index (χ3v) is 14.7. The van der Waals surface area contributed by atoms with Crippen LogP contribution in [0.15, 0.2) is 72.3 Å². The summed E-state index contributed by atoms with van der Waals surface area (Å²) in [4.78, 5) is 2.75. The maximum Gasteiger partial charge on any atom is 0.192 e. The molecule has 0 unspecified atom stereocenters. The molecular formula is C32H47NOSi2. The van der Waals surface area contributed by atoms with Crippen molar-refractivity contribution in [3.05, 3.63) is 77.9 Å². The van der Waals surface area contributed by atoms with Gasteiger partial charge in [-0.1, -0.05) is 118 Å². The minimum Gasteiger partial charge on any atom is -0.415 e. The van der Waals surface area contributed by atoms with E-state index in [1.54, 1.807) is 5.57 Å². The van der Waals surface area contributed by atoms with Crippen LogP contribution in [0.1, 0.15) is 58.4 Å². The van der Waals surface area contributed by atoms with E-state index in [9.17, 15) is 0 Å². The highest BCUT2D eigenvalue weighted by molar-refractivity contribution is 6.74. The van der Waals surface area contributed by atoms with E-state index >= 15 is 0 Å². The molecule has 0 amide bonds. The van der Waals surface area contributed by atoms with Gasteiger partial charge in [0.15, 0.2) is 8.32 Å². The van der Waals surface area contributed by atoms with Gasteiger partial charge >= 0.3 is 0 Å². The predicted molar refractivity (Wildman–Crippen MR) is 159 cm³/mol. The first-order valence-corrected chi connectivity index (χ1v) is 18.3. The van der Waals surface area contributed by atoms with Crippen molar-refractivity contribution in [2.75, 3.05) is 13.2 Å². The number of nitrogens with zero attached hydrogens (tertiary/aromatic N) is 1. The third-order valence-electron chi connectivity index (χ3n) is 8.84. The summed E-state index contributed by atoms with van der Waals surface area (Å²) in [6, 6.07) is 23.9. The molecule has 2 nitrogen and oxygen atoms in total. The van der Waals surface area contributed by atoms with Crippen LogP contribution in [0.4, 0.5) is 0 Å². The van der Waals surface area contributed by atoms with E-state index in [4.69, 9.17) is 4.43 Å². The van der Waals surface area contributed by atoms with Crippen molar-refractivity contribution >= 4 is 23.0 Å². The summed E-state index contributed by atoms with van der Waals surface area (Å²) in [6.45, 7) is 14.9. The molecule has 4 heteroatoms. The third kappa shape index (κ3) is 7.31. The Morgan fingerprint density at radius 3 is 2.22 bits per heavy atom. The second-order valence-electron chi connectivity index (χ2n) is 12.5. The lowest BCUT2D eigenvalue weighted by Crippen LogP contribution is -2.46. The maximum absolute atomic E-state index is 6.94. The first-order valence-electron chi connectivity index (χ1n) is 14.1. The van der Waals surface area contributed by atoms with Crippen LogP contribution < -0.4 is 5.19 Å². The predicted octanol–water partition coefficient (Wildman–Crippen LogP) is 7.46. The van der Waals surface area contributed by atoms with Crippen molar-refractivity contribution in [3.63, 3.8) is 0 Å². The van der Waals surface area contributed by atoms with E-state index in [1.807, 2.05) is 0 Å². The molecule has 2 aliphatic rings. The number of likely N-dealkylation sites (tertiary alicyclic amines) is 1. The fraction of sp³-hybridized carbons (Fsp3) is 0.562. The fourth-order valence-electron chi connectivity index (χ4n) is 5.52. The molecule has 1 heterocycles. The summed E-state index contributed by atoms with van der Waals surface area (Å²) in [5.41, 5.74) is 3.11. The van der Waals surface area contributed by atoms with Crippen LogP contribution in [0.2, 0.25) is 24.2 Å². The second-order valence-corrected chi connectivity index (χ2v) is 18.7. The van der Waals surface area contributed by atoms with Crippen LogP contribution in [0, 0.1) is 11.8 Å². The molecule has 1 saturated carbocycles. The van der Waals surface area contributed by atoms with Crippen LogP contribution in [0.25, 0.3) is 0 Å². The van der Waals surface area contributed by atoms with Crippen molar-refractivity contribution < 1.29 is 4.43 Å². The smallest absolute Gasteiger partial charge is 0.192 e. The van der Waals surface area contributed by atoms with Crippen LogP contribution in [0.5, 0.6) is 0 Å². The fourth-order valence-corrected chi connectivity index (χ4v) is 7.96. The van der Waals surface area contributed by atoms with Gasteiger partial charge in [0.1, 0.15) is 0 Å². The zero-order chi connectivity index (χ0) is 25.6. The zero-order valence-electron chi connectivity index (χ0n) is 23.3. The van der Waals surface area contributed by atoms with Gasteiger partial charge in [-0.05, 0) is 54.4 Å². The van der Waals surface area contributed by atoms with Gasteiger partial charge in [0.2, 0.25) is 0 Å². The molecule has 36 heavy (non-hydrogen) atoms. The van der Waals surface area contributed by atoms with Gasteiger partial charge in [0.25, 0.3) is 0 Å². The van der Waals surface area contributed by atoms with Crippen LogP contribution in [-0.4, -0.2) is 41.9 Å². The molecule has 0 spiro atoms. The SMILES string of the molecule is CC(C)(C)[Si](C)(C)OC[C@@H]1[C@@H](C[Si]c2ccccc2)/C(=C\C2CCCCC2)CN1Cc1ccccc1. The highest BCUT2D eigenvalue weighted by atomic mass is 28.4. The first-order chi connectivity index (χ1) is 17.2. The number of rotatable bonds is 9. The minimum absolute atomic E-state index is 0.234. The van der Waals surface area contributed by atoms with Gasteiger partial charge in [-0.3, -0.25) is 4.90 Å². The Labute approximate surface area is 224 Å². The molecule has 0 N–H and O–H groups in total. The molecule has 0 aromatic heterocycles. The van der Waals surface area contributed by atoms with Gasteiger partial charge in [-0.15, -0.1) is 0 Å². The van der Waals surface area contributed by atoms with Crippen LogP contribution in [-0.2, 0) is 11.0 Å². The Morgan fingerprint density at radius 1 is 0.944 bits per heavy atom. The molecule has 2 atom stereocenters. The summed E-state index contributed by atoms with van der Waals surface area (Å²) < 4.78 is 6.94. The van der Waals surface area contributed by atoms with E-state index in [0.717, 1.165) is 35.1 Å². The molecule has 1 aliphatic carbocycles. The lowest BCUT2D eigenvalue weighted by molar-refractivity contribution is 0.138. The molecule has 1 aliphatic heterocycles. The van der Waals surface area contributed by atoms with Crippen LogP contribution >= 0.6 is 0 Å². The highest BCUT2D eigenvalue weighted by Gasteiger charge is 2.42. The summed E-state index contributed by atoms with van der Waals surface area (Å²) in [6.07, 6.45) is 9.69. The van der Waals surface area contributed by atoms with E-state index < -0.39 is 8.32 Å². The van der Waals surface area contributed by atoms with Gasteiger partial charge < -0.3 is 4.43 Å². The molecule has 194 valence electrons. The topological polar surface area (TPSA) is 12.5 Å². The number of allylic oxidation sites excluding steroid dienone is 1. The normalized spacial score (nSPS) is 23.4. The maximum atomic E-state index is 6.94. The van der Waals surface area contributed by atoms with Gasteiger partial charge in [-0.25, -0.2) is 0 Å². The Hall–Kier alpha value is -1.47. The quantitative estimate of drug-likeness (QED) is 0.253. The molecule has 4 rings (SSSR count). The van der Waals surface area contributed by atoms with E-state index in [-0.39, 0.29) is 5.04 Å². The van der Waals surface area contributed by atoms with E-state index in [1.165, 1.54) is 48.9 Å². The largest absolute Gasteiger partial charge is 0.415 e. The summed E-state index contributed by atoms with van der Waals surface area (Å²) in [7, 11) is -0.970. The average Bonchev–Trinajstić information content (AvgIpc) is 3.18. The Bertz CT molecular complexity index is 961. The van der Waals surface area contributed by atoms with Gasteiger partial charge in [0, 0.05) is 19.1 Å². The molecule has 2 aromatic carbocycles. The number of hydrogen-bond acceptors (Lipinski definition) is 2. The summed E-state index contributed by atoms with van der Waals surface area (Å²) >= 11 is 0. The van der Waals surface area contributed by atoms with Crippen molar-refractivity contribution in [1.29, 1.82) is 0 Å². The molecule has 2 fully saturated rings. The number of hydrogen-bond donors (Lipinski definition) is 0. The van der Waals surface area contributed by atoms with Gasteiger partial charge in [-0.2, -0.15) is 0 Å². The van der Waals surface area contributed by atoms with Gasteiger partial charge in [0.05, 0.1) is 16.1 Å². The number of benzene rings is 2. The Kier molecular flexibility index (Phi) is 9.48. The second kappa shape index (κ2) is 12.4. The average molecular weight is 518 g/mol.